The van der Waals surface area contributed by atoms with Crippen LogP contribution in [0.3, 0.4) is 0 Å². The van der Waals surface area contributed by atoms with Crippen LogP contribution in [0.25, 0.3) is 0 Å². The monoisotopic (exact) mass is 388 g/mol. The zero-order valence-corrected chi connectivity index (χ0v) is 14.8. The van der Waals surface area contributed by atoms with Crippen molar-refractivity contribution in [1.29, 1.82) is 0 Å². The Hall–Kier alpha value is -1.77. The van der Waals surface area contributed by atoms with Gasteiger partial charge in [0.1, 0.15) is 0 Å². The zero-order chi connectivity index (χ0) is 17.4. The molecule has 2 amide bonds. The number of thiophene rings is 1. The summed E-state index contributed by atoms with van der Waals surface area (Å²) in [6.45, 7) is -0.401. The molecule has 0 bridgehead atoms. The Morgan fingerprint density at radius 2 is 1.92 bits per heavy atom. The van der Waals surface area contributed by atoms with E-state index in [1.165, 1.54) is 41.3 Å². The van der Waals surface area contributed by atoms with E-state index in [9.17, 15) is 14.0 Å². The van der Waals surface area contributed by atoms with Gasteiger partial charge in [0.2, 0.25) is 5.91 Å². The Morgan fingerprint density at radius 3 is 2.62 bits per heavy atom. The van der Waals surface area contributed by atoms with Gasteiger partial charge in [-0.1, -0.05) is 23.7 Å². The van der Waals surface area contributed by atoms with Crippen LogP contribution in [0.2, 0.25) is 4.34 Å². The summed E-state index contributed by atoms with van der Waals surface area (Å²) >= 11 is 8.68. The minimum Gasteiger partial charge on any atom is -0.481 e. The first kappa shape index (κ1) is 18.6. The lowest BCUT2D eigenvalue weighted by Crippen LogP contribution is -2.44. The van der Waals surface area contributed by atoms with E-state index in [1.807, 2.05) is 6.07 Å². The first-order valence-electron chi connectivity index (χ1n) is 6.81. The highest BCUT2D eigenvalue weighted by Gasteiger charge is 2.08. The summed E-state index contributed by atoms with van der Waals surface area (Å²) in [6, 6.07) is 9.46. The van der Waals surface area contributed by atoms with Crippen LogP contribution in [0.15, 0.2) is 36.4 Å². The molecule has 2 N–H and O–H groups in total. The van der Waals surface area contributed by atoms with Crippen molar-refractivity contribution in [3.63, 3.8) is 0 Å². The molecule has 0 unspecified atom stereocenters. The number of hydrogen-bond donors (Lipinski definition) is 2. The van der Waals surface area contributed by atoms with Gasteiger partial charge in [-0.2, -0.15) is 0 Å². The Balaban J connectivity index is 1.60. The van der Waals surface area contributed by atoms with E-state index in [4.69, 9.17) is 16.3 Å². The molecule has 5 nitrogen and oxygen atoms in total. The minimum atomic E-state index is -0.582. The summed E-state index contributed by atoms with van der Waals surface area (Å²) in [6.07, 6.45) is 0. The summed E-state index contributed by atoms with van der Waals surface area (Å²) in [5.74, 6) is -0.661. The lowest BCUT2D eigenvalue weighted by Gasteiger charge is -2.09. The van der Waals surface area contributed by atoms with Crippen LogP contribution in [0, 0.1) is 5.82 Å². The van der Waals surface area contributed by atoms with E-state index >= 15 is 0 Å². The Bertz CT molecular complexity index is 712. The van der Waals surface area contributed by atoms with E-state index in [2.05, 4.69) is 10.9 Å². The minimum absolute atomic E-state index is 0.0239. The molecule has 0 saturated heterocycles. The third-order valence-electron chi connectivity index (χ3n) is 2.64. The van der Waals surface area contributed by atoms with Crippen LogP contribution in [-0.2, 0) is 15.3 Å². The third kappa shape index (κ3) is 6.38. The quantitative estimate of drug-likeness (QED) is 0.715. The number of halogens is 2. The van der Waals surface area contributed by atoms with Crippen molar-refractivity contribution in [3.8, 4) is 5.75 Å². The second kappa shape index (κ2) is 9.51. The van der Waals surface area contributed by atoms with Crippen molar-refractivity contribution >= 4 is 46.5 Å². The van der Waals surface area contributed by atoms with Crippen molar-refractivity contribution in [1.82, 2.24) is 10.9 Å². The molecule has 0 saturated carbocycles. The number of para-hydroxylation sites is 1. The topological polar surface area (TPSA) is 67.4 Å². The van der Waals surface area contributed by atoms with Gasteiger partial charge in [-0.25, -0.2) is 4.39 Å². The van der Waals surface area contributed by atoms with Crippen molar-refractivity contribution < 1.29 is 18.7 Å². The Morgan fingerprint density at radius 1 is 1.17 bits per heavy atom. The fourth-order valence-electron chi connectivity index (χ4n) is 1.59. The molecule has 1 aromatic carbocycles. The molecule has 2 rings (SSSR count). The number of rotatable bonds is 7. The molecule has 128 valence electrons. The highest BCUT2D eigenvalue weighted by atomic mass is 35.5. The normalized spacial score (nSPS) is 10.2. The first-order valence-corrected chi connectivity index (χ1v) is 9.16. The molecule has 2 aromatic rings. The summed E-state index contributed by atoms with van der Waals surface area (Å²) < 4.78 is 19.0. The van der Waals surface area contributed by atoms with Gasteiger partial charge >= 0.3 is 0 Å². The largest absolute Gasteiger partial charge is 0.481 e. The molecule has 0 aliphatic heterocycles. The number of thioether (sulfide) groups is 1. The summed E-state index contributed by atoms with van der Waals surface area (Å²) in [7, 11) is 0. The summed E-state index contributed by atoms with van der Waals surface area (Å²) in [5, 5.41) is 0. The van der Waals surface area contributed by atoms with Crippen molar-refractivity contribution in [2.75, 3.05) is 12.4 Å². The summed E-state index contributed by atoms with van der Waals surface area (Å²) in [5.41, 5.74) is 4.48. The van der Waals surface area contributed by atoms with Gasteiger partial charge in [-0.05, 0) is 24.3 Å². The molecular formula is C15H14ClFN2O3S2. The van der Waals surface area contributed by atoms with E-state index in [0.29, 0.717) is 10.1 Å². The molecule has 0 fully saturated rings. The second-order valence-electron chi connectivity index (χ2n) is 4.51. The van der Waals surface area contributed by atoms with Gasteiger partial charge in [0.15, 0.2) is 18.2 Å². The van der Waals surface area contributed by atoms with Gasteiger partial charge in [0.25, 0.3) is 5.91 Å². The number of ether oxygens (including phenoxy) is 1. The number of carbonyl (C=O) groups is 2. The number of carbonyl (C=O) groups excluding carboxylic acids is 2. The molecule has 0 aliphatic carbocycles. The van der Waals surface area contributed by atoms with Gasteiger partial charge in [-0.15, -0.1) is 23.1 Å². The van der Waals surface area contributed by atoms with Gasteiger partial charge in [-0.3, -0.25) is 20.4 Å². The maximum atomic E-state index is 13.3. The maximum absolute atomic E-state index is 13.3. The summed E-state index contributed by atoms with van der Waals surface area (Å²) in [4.78, 5) is 24.2. The molecule has 0 aliphatic rings. The van der Waals surface area contributed by atoms with Crippen LogP contribution < -0.4 is 15.6 Å². The van der Waals surface area contributed by atoms with Crippen molar-refractivity contribution in [2.45, 2.75) is 5.75 Å². The number of hydrazine groups is 1. The average molecular weight is 389 g/mol. The lowest BCUT2D eigenvalue weighted by molar-refractivity contribution is -0.128. The van der Waals surface area contributed by atoms with Crippen molar-refractivity contribution in [3.05, 3.63) is 51.4 Å². The third-order valence-corrected chi connectivity index (χ3v) is 5.04. The Labute approximate surface area is 151 Å². The highest BCUT2D eigenvalue weighted by molar-refractivity contribution is 7.99. The fourth-order valence-corrected chi connectivity index (χ4v) is 3.62. The molecule has 0 spiro atoms. The second-order valence-corrected chi connectivity index (χ2v) is 7.30. The smallest absolute Gasteiger partial charge is 0.276 e. The maximum Gasteiger partial charge on any atom is 0.276 e. The molecular weight excluding hydrogens is 375 g/mol. The van der Waals surface area contributed by atoms with Crippen LogP contribution in [-0.4, -0.2) is 24.2 Å². The molecule has 0 atom stereocenters. The van der Waals surface area contributed by atoms with E-state index in [-0.39, 0.29) is 17.4 Å². The van der Waals surface area contributed by atoms with Gasteiger partial charge < -0.3 is 4.74 Å². The van der Waals surface area contributed by atoms with E-state index < -0.39 is 18.3 Å². The number of nitrogens with one attached hydrogen (secondary N) is 2. The molecule has 24 heavy (non-hydrogen) atoms. The average Bonchev–Trinajstić information content (AvgIpc) is 2.97. The van der Waals surface area contributed by atoms with Gasteiger partial charge in [0, 0.05) is 10.6 Å². The van der Waals surface area contributed by atoms with Gasteiger partial charge in [0.05, 0.1) is 10.1 Å². The first-order chi connectivity index (χ1) is 11.5. The van der Waals surface area contributed by atoms with E-state index in [0.717, 1.165) is 4.88 Å². The number of hydrogen-bond acceptors (Lipinski definition) is 5. The molecule has 0 radical (unpaired) electrons. The number of benzene rings is 1. The molecule has 1 aromatic heterocycles. The zero-order valence-electron chi connectivity index (χ0n) is 12.4. The predicted octanol–water partition coefficient (Wildman–Crippen LogP) is 3.00. The lowest BCUT2D eigenvalue weighted by atomic mass is 10.3. The van der Waals surface area contributed by atoms with E-state index in [1.54, 1.807) is 12.1 Å². The van der Waals surface area contributed by atoms with Crippen LogP contribution in [0.5, 0.6) is 5.75 Å². The van der Waals surface area contributed by atoms with Crippen LogP contribution >= 0.6 is 34.7 Å². The van der Waals surface area contributed by atoms with Crippen LogP contribution in [0.4, 0.5) is 4.39 Å². The fraction of sp³-hybridized carbons (Fsp3) is 0.200. The van der Waals surface area contributed by atoms with Crippen molar-refractivity contribution in [2.24, 2.45) is 0 Å². The highest BCUT2D eigenvalue weighted by Crippen LogP contribution is 2.24. The molecule has 1 heterocycles. The standard InChI is InChI=1S/C15H14ClFN2O3S2/c16-13-6-5-10(24-13)8-23-9-15(21)19-18-14(20)7-22-12-4-2-1-3-11(12)17/h1-6H,7-9H2,(H,18,20)(H,19,21). The SMILES string of the molecule is O=C(COc1ccccc1F)NNC(=O)CSCc1ccc(Cl)s1. The van der Waals surface area contributed by atoms with Crippen LogP contribution in [0.1, 0.15) is 4.88 Å². The number of amides is 2. The Kier molecular flexibility index (Phi) is 7.36. The predicted molar refractivity (Wildman–Crippen MR) is 93.7 cm³/mol. The molecule has 9 heteroatoms.